The average Bonchev–Trinajstić information content (AvgIpc) is 2.83. The standard InChI is InChI=1S/C14H18N2OS/c1-10(2)17-13-5-3-4-12(14(13)15)16-8-11-6-7-18-9-11/h3-7,9-10,16H,8,15H2,1-2H3. The van der Waals surface area contributed by atoms with Crippen molar-refractivity contribution < 1.29 is 4.74 Å². The summed E-state index contributed by atoms with van der Waals surface area (Å²) in [6.45, 7) is 4.76. The first kappa shape index (κ1) is 12.8. The fourth-order valence-electron chi connectivity index (χ4n) is 1.65. The van der Waals surface area contributed by atoms with Gasteiger partial charge < -0.3 is 15.8 Å². The van der Waals surface area contributed by atoms with Crippen LogP contribution in [0.1, 0.15) is 19.4 Å². The largest absolute Gasteiger partial charge is 0.489 e. The maximum atomic E-state index is 6.09. The van der Waals surface area contributed by atoms with Crippen LogP contribution >= 0.6 is 11.3 Å². The molecule has 96 valence electrons. The normalized spacial score (nSPS) is 10.6. The van der Waals surface area contributed by atoms with E-state index in [2.05, 4.69) is 22.1 Å². The van der Waals surface area contributed by atoms with Crippen molar-refractivity contribution in [2.45, 2.75) is 26.5 Å². The number of nitrogens with two attached hydrogens (primary N) is 1. The number of rotatable bonds is 5. The molecule has 0 saturated carbocycles. The molecule has 1 heterocycles. The molecule has 18 heavy (non-hydrogen) atoms. The Hall–Kier alpha value is -1.68. The summed E-state index contributed by atoms with van der Waals surface area (Å²) in [6.07, 6.45) is 0.124. The molecule has 0 aliphatic rings. The van der Waals surface area contributed by atoms with Crippen LogP contribution in [-0.4, -0.2) is 6.10 Å². The summed E-state index contributed by atoms with van der Waals surface area (Å²) in [5.41, 5.74) is 8.93. The van der Waals surface area contributed by atoms with Gasteiger partial charge in [-0.05, 0) is 48.4 Å². The van der Waals surface area contributed by atoms with Crippen LogP contribution in [0.5, 0.6) is 5.75 Å². The fraction of sp³-hybridized carbons (Fsp3) is 0.286. The van der Waals surface area contributed by atoms with E-state index in [-0.39, 0.29) is 6.10 Å². The summed E-state index contributed by atoms with van der Waals surface area (Å²) < 4.78 is 5.66. The van der Waals surface area contributed by atoms with Crippen LogP contribution in [0.25, 0.3) is 0 Å². The zero-order valence-corrected chi connectivity index (χ0v) is 11.5. The van der Waals surface area contributed by atoms with E-state index < -0.39 is 0 Å². The third-order valence-electron chi connectivity index (χ3n) is 2.49. The number of hydrogen-bond acceptors (Lipinski definition) is 4. The Kier molecular flexibility index (Phi) is 4.10. The van der Waals surface area contributed by atoms with Gasteiger partial charge in [0.1, 0.15) is 5.75 Å². The molecule has 0 fully saturated rings. The SMILES string of the molecule is CC(C)Oc1cccc(NCc2ccsc2)c1N. The molecule has 0 atom stereocenters. The van der Waals surface area contributed by atoms with E-state index in [9.17, 15) is 0 Å². The number of nitrogen functional groups attached to an aromatic ring is 1. The molecule has 4 heteroatoms. The summed E-state index contributed by atoms with van der Waals surface area (Å²) in [7, 11) is 0. The van der Waals surface area contributed by atoms with Crippen LogP contribution in [0, 0.1) is 0 Å². The monoisotopic (exact) mass is 262 g/mol. The Morgan fingerprint density at radius 2 is 2.17 bits per heavy atom. The van der Waals surface area contributed by atoms with Gasteiger partial charge in [-0.25, -0.2) is 0 Å². The molecule has 0 saturated heterocycles. The molecule has 1 aromatic carbocycles. The number of anilines is 2. The van der Waals surface area contributed by atoms with Crippen molar-refractivity contribution in [1.82, 2.24) is 0 Å². The van der Waals surface area contributed by atoms with Crippen molar-refractivity contribution in [3.8, 4) is 5.75 Å². The number of para-hydroxylation sites is 1. The lowest BCUT2D eigenvalue weighted by molar-refractivity contribution is 0.244. The van der Waals surface area contributed by atoms with Crippen LogP contribution < -0.4 is 15.8 Å². The highest BCUT2D eigenvalue weighted by Gasteiger charge is 2.07. The van der Waals surface area contributed by atoms with Gasteiger partial charge in [0, 0.05) is 6.54 Å². The number of nitrogens with one attached hydrogen (secondary N) is 1. The summed E-state index contributed by atoms with van der Waals surface area (Å²) in [4.78, 5) is 0. The van der Waals surface area contributed by atoms with Gasteiger partial charge in [0.25, 0.3) is 0 Å². The molecule has 0 aliphatic heterocycles. The minimum atomic E-state index is 0.124. The smallest absolute Gasteiger partial charge is 0.144 e. The summed E-state index contributed by atoms with van der Waals surface area (Å²) in [6, 6.07) is 7.91. The Bertz CT molecular complexity index is 495. The van der Waals surface area contributed by atoms with Crippen molar-refractivity contribution >= 4 is 22.7 Å². The second-order valence-corrected chi connectivity index (χ2v) is 5.15. The molecule has 0 unspecified atom stereocenters. The lowest BCUT2D eigenvalue weighted by atomic mass is 10.2. The predicted octanol–water partition coefficient (Wildman–Crippen LogP) is 3.73. The van der Waals surface area contributed by atoms with Crippen LogP contribution in [0.4, 0.5) is 11.4 Å². The molecule has 0 amide bonds. The van der Waals surface area contributed by atoms with Gasteiger partial charge in [0.15, 0.2) is 0 Å². The molecule has 0 radical (unpaired) electrons. The minimum Gasteiger partial charge on any atom is -0.489 e. The van der Waals surface area contributed by atoms with Gasteiger partial charge in [-0.15, -0.1) is 0 Å². The minimum absolute atomic E-state index is 0.124. The molecule has 0 aliphatic carbocycles. The quantitative estimate of drug-likeness (QED) is 0.807. The van der Waals surface area contributed by atoms with Gasteiger partial charge in [-0.1, -0.05) is 6.07 Å². The van der Waals surface area contributed by atoms with E-state index in [4.69, 9.17) is 10.5 Å². The van der Waals surface area contributed by atoms with Crippen LogP contribution in [0.3, 0.4) is 0 Å². The third-order valence-corrected chi connectivity index (χ3v) is 3.22. The number of benzene rings is 1. The molecule has 2 aromatic rings. The molecule has 3 nitrogen and oxygen atoms in total. The van der Waals surface area contributed by atoms with Crippen molar-refractivity contribution in [1.29, 1.82) is 0 Å². The third kappa shape index (κ3) is 3.17. The first-order valence-corrected chi connectivity index (χ1v) is 6.91. The van der Waals surface area contributed by atoms with Crippen LogP contribution in [0.2, 0.25) is 0 Å². The lowest BCUT2D eigenvalue weighted by Crippen LogP contribution is -2.09. The summed E-state index contributed by atoms with van der Waals surface area (Å²) in [5, 5.41) is 7.52. The Labute approximate surface area is 112 Å². The Morgan fingerprint density at radius 1 is 1.33 bits per heavy atom. The fourth-order valence-corrected chi connectivity index (χ4v) is 2.31. The molecule has 3 N–H and O–H groups in total. The molecule has 0 spiro atoms. The molecular weight excluding hydrogens is 244 g/mol. The maximum absolute atomic E-state index is 6.09. The van der Waals surface area contributed by atoms with Crippen molar-refractivity contribution in [2.24, 2.45) is 0 Å². The first-order valence-electron chi connectivity index (χ1n) is 5.97. The maximum Gasteiger partial charge on any atom is 0.144 e. The molecule has 0 bridgehead atoms. The van der Waals surface area contributed by atoms with Crippen molar-refractivity contribution in [3.63, 3.8) is 0 Å². The zero-order chi connectivity index (χ0) is 13.0. The van der Waals surface area contributed by atoms with Gasteiger partial charge in [-0.2, -0.15) is 11.3 Å². The number of hydrogen-bond donors (Lipinski definition) is 2. The highest BCUT2D eigenvalue weighted by Crippen LogP contribution is 2.30. The first-order chi connectivity index (χ1) is 8.66. The van der Waals surface area contributed by atoms with E-state index in [1.54, 1.807) is 11.3 Å². The Morgan fingerprint density at radius 3 is 2.83 bits per heavy atom. The van der Waals surface area contributed by atoms with E-state index >= 15 is 0 Å². The lowest BCUT2D eigenvalue weighted by Gasteiger charge is -2.15. The second kappa shape index (κ2) is 5.78. The topological polar surface area (TPSA) is 47.3 Å². The summed E-state index contributed by atoms with van der Waals surface area (Å²) in [5.74, 6) is 0.736. The van der Waals surface area contributed by atoms with Gasteiger partial charge in [0.2, 0.25) is 0 Å². The zero-order valence-electron chi connectivity index (χ0n) is 10.6. The van der Waals surface area contributed by atoms with E-state index in [0.29, 0.717) is 5.69 Å². The molecular formula is C14H18N2OS. The molecule has 1 aromatic heterocycles. The van der Waals surface area contributed by atoms with Crippen molar-refractivity contribution in [3.05, 3.63) is 40.6 Å². The molecule has 2 rings (SSSR count). The average molecular weight is 262 g/mol. The Balaban J connectivity index is 2.08. The second-order valence-electron chi connectivity index (χ2n) is 4.37. The predicted molar refractivity (Wildman–Crippen MR) is 78.3 cm³/mol. The van der Waals surface area contributed by atoms with Gasteiger partial charge in [-0.3, -0.25) is 0 Å². The van der Waals surface area contributed by atoms with E-state index in [1.165, 1.54) is 5.56 Å². The van der Waals surface area contributed by atoms with Crippen LogP contribution in [0.15, 0.2) is 35.0 Å². The number of thiophene rings is 1. The van der Waals surface area contributed by atoms with Crippen LogP contribution in [-0.2, 0) is 6.54 Å². The highest BCUT2D eigenvalue weighted by atomic mass is 32.1. The van der Waals surface area contributed by atoms with Gasteiger partial charge in [0.05, 0.1) is 17.5 Å². The van der Waals surface area contributed by atoms with E-state index in [0.717, 1.165) is 18.0 Å². The van der Waals surface area contributed by atoms with Crippen molar-refractivity contribution in [2.75, 3.05) is 11.1 Å². The van der Waals surface area contributed by atoms with E-state index in [1.807, 2.05) is 32.0 Å². The highest BCUT2D eigenvalue weighted by molar-refractivity contribution is 7.07. The van der Waals surface area contributed by atoms with Gasteiger partial charge >= 0.3 is 0 Å². The summed E-state index contributed by atoms with van der Waals surface area (Å²) >= 11 is 1.69. The number of ether oxygens (including phenoxy) is 1.